The average Bonchev–Trinajstić information content (AvgIpc) is 2.78. The molecule has 0 saturated heterocycles. The van der Waals surface area contributed by atoms with E-state index < -0.39 is 0 Å². The fourth-order valence-corrected chi connectivity index (χ4v) is 1.60. The van der Waals surface area contributed by atoms with Crippen molar-refractivity contribution in [3.8, 4) is 0 Å². The Hall–Kier alpha value is -0.960. The zero-order valence-electron chi connectivity index (χ0n) is 12.2. The van der Waals surface area contributed by atoms with Gasteiger partial charge in [-0.25, -0.2) is 4.98 Å². The van der Waals surface area contributed by atoms with Gasteiger partial charge in [0.15, 0.2) is 0 Å². The Balaban J connectivity index is 0. The Labute approximate surface area is 111 Å². The maximum atomic E-state index is 4.30. The summed E-state index contributed by atoms with van der Waals surface area (Å²) in [5, 5.41) is 0. The van der Waals surface area contributed by atoms with Crippen LogP contribution in [0.4, 0.5) is 0 Å². The molecule has 0 aromatic carbocycles. The van der Waals surface area contributed by atoms with E-state index in [1.54, 1.807) is 11.9 Å². The molecule has 1 rings (SSSR count). The highest BCUT2D eigenvalue weighted by Crippen LogP contribution is 2.16. The van der Waals surface area contributed by atoms with E-state index in [1.807, 2.05) is 72.4 Å². The number of hydrogen-bond acceptors (Lipinski definition) is 2. The minimum absolute atomic E-state index is 1.02. The lowest BCUT2D eigenvalue weighted by Gasteiger charge is -1.98. The predicted octanol–water partition coefficient (Wildman–Crippen LogP) is 5.13. The van der Waals surface area contributed by atoms with Crippen LogP contribution in [0.5, 0.6) is 0 Å². The lowest BCUT2D eigenvalue weighted by Crippen LogP contribution is -1.86. The highest BCUT2D eigenvalue weighted by atomic mass is 32.2. The molecule has 0 atom stereocenters. The summed E-state index contributed by atoms with van der Waals surface area (Å²) < 4.78 is 2.05. The van der Waals surface area contributed by atoms with Gasteiger partial charge >= 0.3 is 0 Å². The first kappa shape index (κ1) is 18.4. The van der Waals surface area contributed by atoms with Crippen molar-refractivity contribution >= 4 is 24.1 Å². The van der Waals surface area contributed by atoms with E-state index in [0.717, 1.165) is 11.4 Å². The molecule has 3 heteroatoms. The standard InChI is InChI=1S/C10H14N2S.2C2H6/c1-4-6-9-10(7-5-2)12(13-3)8-11-9;2*1-2/h4-8H,1-3H3;2*1-2H3/b6-4-,7-5-;;. The van der Waals surface area contributed by atoms with Gasteiger partial charge in [-0.15, -0.1) is 0 Å². The van der Waals surface area contributed by atoms with Gasteiger partial charge in [0.25, 0.3) is 0 Å². The van der Waals surface area contributed by atoms with Gasteiger partial charge in [0.1, 0.15) is 6.33 Å². The molecule has 1 aromatic rings. The van der Waals surface area contributed by atoms with Crippen LogP contribution in [0.2, 0.25) is 0 Å². The van der Waals surface area contributed by atoms with Crippen molar-refractivity contribution < 1.29 is 0 Å². The lowest BCUT2D eigenvalue weighted by atomic mass is 10.3. The van der Waals surface area contributed by atoms with Gasteiger partial charge < -0.3 is 0 Å². The largest absolute Gasteiger partial charge is 0.272 e. The molecule has 0 unspecified atom stereocenters. The summed E-state index contributed by atoms with van der Waals surface area (Å²) in [5.41, 5.74) is 2.17. The van der Waals surface area contributed by atoms with Crippen LogP contribution in [0, 0.1) is 0 Å². The van der Waals surface area contributed by atoms with Crippen molar-refractivity contribution in [2.75, 3.05) is 6.26 Å². The zero-order chi connectivity index (χ0) is 13.7. The van der Waals surface area contributed by atoms with Crippen LogP contribution in [0.15, 0.2) is 18.5 Å². The normalized spacial score (nSPS) is 9.82. The summed E-state index contributed by atoms with van der Waals surface area (Å²) in [7, 11) is 0. The van der Waals surface area contributed by atoms with Crippen molar-refractivity contribution in [3.05, 3.63) is 29.9 Å². The Bertz CT molecular complexity index is 325. The van der Waals surface area contributed by atoms with Gasteiger partial charge in [0.2, 0.25) is 0 Å². The van der Waals surface area contributed by atoms with E-state index >= 15 is 0 Å². The number of aromatic nitrogens is 2. The molecular formula is C14H26N2S. The second-order valence-electron chi connectivity index (χ2n) is 2.52. The first-order valence-corrected chi connectivity index (χ1v) is 7.38. The number of hydrogen-bond donors (Lipinski definition) is 0. The minimum atomic E-state index is 1.02. The van der Waals surface area contributed by atoms with Crippen LogP contribution in [-0.4, -0.2) is 15.2 Å². The molecule has 0 aliphatic heterocycles. The first-order chi connectivity index (χ1) is 8.33. The highest BCUT2D eigenvalue weighted by molar-refractivity contribution is 7.97. The molecule has 17 heavy (non-hydrogen) atoms. The molecule has 0 bridgehead atoms. The van der Waals surface area contributed by atoms with Crippen molar-refractivity contribution in [2.24, 2.45) is 0 Å². The molecule has 0 aliphatic rings. The third-order valence-corrected chi connectivity index (χ3v) is 2.33. The molecule has 1 heterocycles. The van der Waals surface area contributed by atoms with Gasteiger partial charge in [-0.05, 0) is 37.9 Å². The molecule has 0 N–H and O–H groups in total. The predicted molar refractivity (Wildman–Crippen MR) is 83.3 cm³/mol. The van der Waals surface area contributed by atoms with Crippen LogP contribution < -0.4 is 0 Å². The number of allylic oxidation sites excluding steroid dienone is 2. The highest BCUT2D eigenvalue weighted by Gasteiger charge is 2.03. The molecule has 0 fully saturated rings. The van der Waals surface area contributed by atoms with E-state index in [2.05, 4.69) is 15.0 Å². The molecule has 2 nitrogen and oxygen atoms in total. The SMILES string of the molecule is C/C=C\c1ncn(SC)c1/C=C\C.CC.CC. The monoisotopic (exact) mass is 254 g/mol. The van der Waals surface area contributed by atoms with Gasteiger partial charge in [-0.2, -0.15) is 0 Å². The molecule has 0 saturated carbocycles. The van der Waals surface area contributed by atoms with Gasteiger partial charge in [0, 0.05) is 6.26 Å². The quantitative estimate of drug-likeness (QED) is 0.744. The Kier molecular flexibility index (Phi) is 14.2. The van der Waals surface area contributed by atoms with E-state index in [1.165, 1.54) is 0 Å². The third-order valence-electron chi connectivity index (χ3n) is 1.65. The minimum Gasteiger partial charge on any atom is -0.272 e. The summed E-state index contributed by atoms with van der Waals surface area (Å²) in [5.74, 6) is 0. The van der Waals surface area contributed by atoms with Gasteiger partial charge in [-0.3, -0.25) is 3.97 Å². The van der Waals surface area contributed by atoms with Crippen molar-refractivity contribution in [1.29, 1.82) is 0 Å². The van der Waals surface area contributed by atoms with Crippen LogP contribution >= 0.6 is 11.9 Å². The Morgan fingerprint density at radius 2 is 1.59 bits per heavy atom. The third kappa shape index (κ3) is 6.37. The van der Waals surface area contributed by atoms with Crippen molar-refractivity contribution in [3.63, 3.8) is 0 Å². The molecular weight excluding hydrogens is 228 g/mol. The van der Waals surface area contributed by atoms with E-state index in [9.17, 15) is 0 Å². The number of rotatable bonds is 3. The number of nitrogens with zero attached hydrogens (tertiary/aromatic N) is 2. The fraction of sp³-hybridized carbons (Fsp3) is 0.500. The average molecular weight is 254 g/mol. The van der Waals surface area contributed by atoms with E-state index in [4.69, 9.17) is 0 Å². The van der Waals surface area contributed by atoms with Crippen LogP contribution in [-0.2, 0) is 0 Å². The smallest absolute Gasteiger partial charge is 0.106 e. The van der Waals surface area contributed by atoms with Crippen LogP contribution in [0.25, 0.3) is 12.2 Å². The molecule has 98 valence electrons. The maximum absolute atomic E-state index is 4.30. The summed E-state index contributed by atoms with van der Waals surface area (Å²) in [6, 6.07) is 0. The first-order valence-electron chi connectivity index (χ1n) is 6.20. The maximum Gasteiger partial charge on any atom is 0.106 e. The number of imidazole rings is 1. The van der Waals surface area contributed by atoms with Crippen LogP contribution in [0.3, 0.4) is 0 Å². The topological polar surface area (TPSA) is 17.8 Å². The molecule has 0 amide bonds. The second-order valence-corrected chi connectivity index (χ2v) is 3.28. The summed E-state index contributed by atoms with van der Waals surface area (Å²) >= 11 is 1.65. The van der Waals surface area contributed by atoms with E-state index in [-0.39, 0.29) is 0 Å². The Morgan fingerprint density at radius 3 is 2.00 bits per heavy atom. The summed E-state index contributed by atoms with van der Waals surface area (Å²) in [6.45, 7) is 12.0. The lowest BCUT2D eigenvalue weighted by molar-refractivity contribution is 1.22. The summed E-state index contributed by atoms with van der Waals surface area (Å²) in [6.07, 6.45) is 12.0. The van der Waals surface area contributed by atoms with Crippen LogP contribution in [0.1, 0.15) is 52.9 Å². The molecule has 0 spiro atoms. The molecule has 0 radical (unpaired) electrons. The zero-order valence-corrected chi connectivity index (χ0v) is 13.0. The molecule has 1 aromatic heterocycles. The Morgan fingerprint density at radius 1 is 1.06 bits per heavy atom. The van der Waals surface area contributed by atoms with Crippen molar-refractivity contribution in [2.45, 2.75) is 41.5 Å². The second kappa shape index (κ2) is 13.1. The van der Waals surface area contributed by atoms with E-state index in [0.29, 0.717) is 0 Å². The fourth-order valence-electron chi connectivity index (χ4n) is 1.10. The van der Waals surface area contributed by atoms with Gasteiger partial charge in [0.05, 0.1) is 11.4 Å². The summed E-state index contributed by atoms with van der Waals surface area (Å²) in [4.78, 5) is 4.30. The van der Waals surface area contributed by atoms with Gasteiger partial charge in [-0.1, -0.05) is 39.8 Å². The van der Waals surface area contributed by atoms with Crippen molar-refractivity contribution in [1.82, 2.24) is 8.96 Å². The molecule has 0 aliphatic carbocycles.